The summed E-state index contributed by atoms with van der Waals surface area (Å²) in [6.07, 6.45) is 0.753. The van der Waals surface area contributed by atoms with Gasteiger partial charge in [0.05, 0.1) is 16.8 Å². The second-order valence-electron chi connectivity index (χ2n) is 4.74. The van der Waals surface area contributed by atoms with E-state index in [9.17, 15) is 4.79 Å². The molecule has 6 heteroatoms. The molecule has 2 aromatic carbocycles. The summed E-state index contributed by atoms with van der Waals surface area (Å²) in [4.78, 5) is 12.1. The van der Waals surface area contributed by atoms with Crippen LogP contribution in [-0.4, -0.2) is 6.03 Å². The highest BCUT2D eigenvalue weighted by Crippen LogP contribution is 2.25. The number of benzene rings is 2. The van der Waals surface area contributed by atoms with Gasteiger partial charge in [0, 0.05) is 10.0 Å². The minimum atomic E-state index is -0.328. The first kappa shape index (κ1) is 16.9. The van der Waals surface area contributed by atoms with Crippen LogP contribution < -0.4 is 10.6 Å². The first-order valence-electron chi connectivity index (χ1n) is 6.77. The molecule has 0 radical (unpaired) electrons. The topological polar surface area (TPSA) is 41.1 Å². The van der Waals surface area contributed by atoms with Gasteiger partial charge in [0.1, 0.15) is 0 Å². The van der Waals surface area contributed by atoms with Crippen LogP contribution in [0.3, 0.4) is 0 Å². The van der Waals surface area contributed by atoms with E-state index in [1.165, 1.54) is 0 Å². The maximum Gasteiger partial charge on any atom is 0.319 e. The second-order valence-corrected chi connectivity index (χ2v) is 6.02. The van der Waals surface area contributed by atoms with E-state index < -0.39 is 0 Å². The Morgan fingerprint density at radius 3 is 2.27 bits per heavy atom. The Morgan fingerprint density at radius 2 is 1.68 bits per heavy atom. The van der Waals surface area contributed by atoms with Crippen molar-refractivity contribution in [2.45, 2.75) is 19.4 Å². The van der Waals surface area contributed by atoms with Crippen molar-refractivity contribution in [3.05, 3.63) is 63.1 Å². The maximum absolute atomic E-state index is 12.1. The zero-order valence-corrected chi connectivity index (χ0v) is 14.1. The summed E-state index contributed by atoms with van der Waals surface area (Å²) in [5, 5.41) is 7.20. The zero-order valence-electron chi connectivity index (χ0n) is 11.9. The highest BCUT2D eigenvalue weighted by Gasteiger charge is 2.13. The van der Waals surface area contributed by atoms with Gasteiger partial charge < -0.3 is 10.6 Å². The molecule has 0 aliphatic rings. The fraction of sp³-hybridized carbons (Fsp3) is 0.188. The third-order valence-electron chi connectivity index (χ3n) is 3.17. The lowest BCUT2D eigenvalue weighted by atomic mass is 10.1. The van der Waals surface area contributed by atoms with E-state index in [2.05, 4.69) is 10.6 Å². The normalized spacial score (nSPS) is 11.8. The third kappa shape index (κ3) is 4.54. The van der Waals surface area contributed by atoms with Crippen LogP contribution in [-0.2, 0) is 0 Å². The van der Waals surface area contributed by atoms with Crippen molar-refractivity contribution in [3.63, 3.8) is 0 Å². The monoisotopic (exact) mass is 356 g/mol. The van der Waals surface area contributed by atoms with E-state index in [1.807, 2.05) is 19.1 Å². The van der Waals surface area contributed by atoms with Crippen molar-refractivity contribution in [1.82, 2.24) is 5.32 Å². The number of carbonyl (C=O) groups is 1. The number of hydrogen-bond acceptors (Lipinski definition) is 1. The van der Waals surface area contributed by atoms with Crippen LogP contribution in [0.4, 0.5) is 10.5 Å². The Hall–Kier alpha value is -1.42. The van der Waals surface area contributed by atoms with Crippen LogP contribution in [0, 0.1) is 0 Å². The SMILES string of the molecule is CCC(NC(=O)Nc1ccc(Cl)cc1Cl)c1ccc(Cl)cc1. The minimum Gasteiger partial charge on any atom is -0.331 e. The maximum atomic E-state index is 12.1. The molecule has 0 heterocycles. The molecule has 22 heavy (non-hydrogen) atoms. The minimum absolute atomic E-state index is 0.108. The first-order chi connectivity index (χ1) is 10.5. The summed E-state index contributed by atoms with van der Waals surface area (Å²) in [7, 11) is 0. The molecule has 0 aromatic heterocycles. The molecule has 0 saturated carbocycles. The highest BCUT2D eigenvalue weighted by atomic mass is 35.5. The van der Waals surface area contributed by atoms with E-state index in [4.69, 9.17) is 34.8 Å². The summed E-state index contributed by atoms with van der Waals surface area (Å²) in [6, 6.07) is 11.9. The fourth-order valence-corrected chi connectivity index (χ4v) is 2.61. The van der Waals surface area contributed by atoms with Crippen molar-refractivity contribution in [2.75, 3.05) is 5.32 Å². The van der Waals surface area contributed by atoms with Gasteiger partial charge in [-0.25, -0.2) is 4.79 Å². The molecule has 116 valence electrons. The molecule has 2 rings (SSSR count). The lowest BCUT2D eigenvalue weighted by Crippen LogP contribution is -2.32. The average molecular weight is 358 g/mol. The molecule has 3 nitrogen and oxygen atoms in total. The molecule has 1 unspecified atom stereocenters. The lowest BCUT2D eigenvalue weighted by Gasteiger charge is -2.18. The molecular formula is C16H15Cl3N2O. The number of anilines is 1. The summed E-state index contributed by atoms with van der Waals surface area (Å²) >= 11 is 17.7. The highest BCUT2D eigenvalue weighted by molar-refractivity contribution is 6.36. The van der Waals surface area contributed by atoms with Gasteiger partial charge in [0.25, 0.3) is 0 Å². The number of hydrogen-bond donors (Lipinski definition) is 2. The molecule has 2 amide bonds. The van der Waals surface area contributed by atoms with Crippen LogP contribution in [0.15, 0.2) is 42.5 Å². The van der Waals surface area contributed by atoms with E-state index in [0.717, 1.165) is 12.0 Å². The predicted octanol–water partition coefficient (Wildman–Crippen LogP) is 5.92. The van der Waals surface area contributed by atoms with E-state index in [1.54, 1.807) is 30.3 Å². The molecule has 0 spiro atoms. The van der Waals surface area contributed by atoms with Crippen molar-refractivity contribution in [2.24, 2.45) is 0 Å². The molecule has 0 bridgehead atoms. The van der Waals surface area contributed by atoms with Gasteiger partial charge >= 0.3 is 6.03 Å². The van der Waals surface area contributed by atoms with Crippen LogP contribution in [0.2, 0.25) is 15.1 Å². The van der Waals surface area contributed by atoms with Gasteiger partial charge in [-0.1, -0.05) is 53.9 Å². The van der Waals surface area contributed by atoms with Crippen molar-refractivity contribution in [1.29, 1.82) is 0 Å². The zero-order chi connectivity index (χ0) is 16.1. The number of amides is 2. The summed E-state index contributed by atoms with van der Waals surface area (Å²) < 4.78 is 0. The predicted molar refractivity (Wildman–Crippen MR) is 93.1 cm³/mol. The Morgan fingerprint density at radius 1 is 1.05 bits per heavy atom. The lowest BCUT2D eigenvalue weighted by molar-refractivity contribution is 0.248. The van der Waals surface area contributed by atoms with E-state index in [0.29, 0.717) is 20.8 Å². The quantitative estimate of drug-likeness (QED) is 0.700. The van der Waals surface area contributed by atoms with Gasteiger partial charge in [-0.3, -0.25) is 0 Å². The number of rotatable bonds is 4. The standard InChI is InChI=1S/C16H15Cl3N2O/c1-2-14(10-3-5-11(17)6-4-10)20-16(22)21-15-8-7-12(18)9-13(15)19/h3-9,14H,2H2,1H3,(H2,20,21,22). The van der Waals surface area contributed by atoms with Crippen molar-refractivity contribution < 1.29 is 4.79 Å². The Bertz CT molecular complexity index is 659. The van der Waals surface area contributed by atoms with Crippen LogP contribution in [0.1, 0.15) is 24.9 Å². The number of carbonyl (C=O) groups excluding carboxylic acids is 1. The Balaban J connectivity index is 2.04. The molecule has 2 N–H and O–H groups in total. The summed E-state index contributed by atoms with van der Waals surface area (Å²) in [5.41, 5.74) is 1.50. The molecule has 0 aliphatic carbocycles. The van der Waals surface area contributed by atoms with Crippen molar-refractivity contribution >= 4 is 46.5 Å². The Labute approximate surface area is 144 Å². The number of urea groups is 1. The number of nitrogens with one attached hydrogen (secondary N) is 2. The van der Waals surface area contributed by atoms with E-state index in [-0.39, 0.29) is 12.1 Å². The smallest absolute Gasteiger partial charge is 0.319 e. The summed E-state index contributed by atoms with van der Waals surface area (Å²) in [6.45, 7) is 1.99. The molecular weight excluding hydrogens is 343 g/mol. The largest absolute Gasteiger partial charge is 0.331 e. The van der Waals surface area contributed by atoms with Gasteiger partial charge in [-0.2, -0.15) is 0 Å². The van der Waals surface area contributed by atoms with Crippen molar-refractivity contribution in [3.8, 4) is 0 Å². The van der Waals surface area contributed by atoms with Gasteiger partial charge in [-0.05, 0) is 42.3 Å². The van der Waals surface area contributed by atoms with Crippen LogP contribution in [0.5, 0.6) is 0 Å². The first-order valence-corrected chi connectivity index (χ1v) is 7.91. The molecule has 2 aromatic rings. The Kier molecular flexibility index (Phi) is 5.95. The van der Waals surface area contributed by atoms with Gasteiger partial charge in [0.2, 0.25) is 0 Å². The molecule has 0 saturated heterocycles. The van der Waals surface area contributed by atoms with Crippen LogP contribution in [0.25, 0.3) is 0 Å². The summed E-state index contributed by atoms with van der Waals surface area (Å²) in [5.74, 6) is 0. The number of halogens is 3. The molecule has 1 atom stereocenters. The van der Waals surface area contributed by atoms with Gasteiger partial charge in [0.15, 0.2) is 0 Å². The van der Waals surface area contributed by atoms with E-state index >= 15 is 0 Å². The molecule has 0 aliphatic heterocycles. The average Bonchev–Trinajstić information content (AvgIpc) is 2.49. The van der Waals surface area contributed by atoms with Gasteiger partial charge in [-0.15, -0.1) is 0 Å². The fourth-order valence-electron chi connectivity index (χ4n) is 2.02. The third-order valence-corrected chi connectivity index (χ3v) is 3.97. The van der Waals surface area contributed by atoms with Crippen LogP contribution >= 0.6 is 34.8 Å². The second kappa shape index (κ2) is 7.73. The molecule has 0 fully saturated rings.